The van der Waals surface area contributed by atoms with E-state index < -0.39 is 22.0 Å². The predicted molar refractivity (Wildman–Crippen MR) is 116 cm³/mol. The topological polar surface area (TPSA) is 136 Å². The van der Waals surface area contributed by atoms with E-state index in [1.807, 2.05) is 38.1 Å². The molecule has 4 rings (SSSR count). The van der Waals surface area contributed by atoms with Crippen LogP contribution in [0, 0.1) is 13.8 Å². The zero-order chi connectivity index (χ0) is 22.3. The van der Waals surface area contributed by atoms with Crippen molar-refractivity contribution in [1.82, 2.24) is 9.78 Å². The number of nitrogens with zero attached hydrogens (tertiary/aromatic N) is 2. The minimum Gasteiger partial charge on any atom is -0.324 e. The van der Waals surface area contributed by atoms with E-state index >= 15 is 0 Å². The number of aryl methyl sites for hydroxylation is 1. The fourth-order valence-electron chi connectivity index (χ4n) is 3.48. The van der Waals surface area contributed by atoms with Crippen LogP contribution in [-0.4, -0.2) is 30.0 Å². The lowest BCUT2D eigenvalue weighted by Crippen LogP contribution is -2.35. The summed E-state index contributed by atoms with van der Waals surface area (Å²) in [4.78, 5) is 25.2. The van der Waals surface area contributed by atoms with Crippen molar-refractivity contribution in [1.29, 1.82) is 0 Å². The van der Waals surface area contributed by atoms with Crippen LogP contribution in [0.5, 0.6) is 0 Å². The van der Waals surface area contributed by atoms with Crippen LogP contribution < -0.4 is 15.8 Å². The summed E-state index contributed by atoms with van der Waals surface area (Å²) in [6.07, 6.45) is -0.0669. The third-order valence-electron chi connectivity index (χ3n) is 5.16. The number of anilines is 2. The summed E-state index contributed by atoms with van der Waals surface area (Å²) in [6, 6.07) is 12.5. The van der Waals surface area contributed by atoms with Crippen LogP contribution in [0.3, 0.4) is 0 Å². The molecule has 10 heteroatoms. The van der Waals surface area contributed by atoms with E-state index in [0.717, 1.165) is 16.7 Å². The molecule has 0 radical (unpaired) electrons. The zero-order valence-electron chi connectivity index (χ0n) is 16.9. The number of carbonyl (C=O) groups is 2. The third kappa shape index (κ3) is 4.07. The number of hydrogen-bond donors (Lipinski definition) is 3. The van der Waals surface area contributed by atoms with Gasteiger partial charge in [0.05, 0.1) is 17.0 Å². The molecule has 2 amide bonds. The zero-order valence-corrected chi connectivity index (χ0v) is 17.7. The number of benzene rings is 2. The summed E-state index contributed by atoms with van der Waals surface area (Å²) >= 11 is 0. The number of primary sulfonamides is 1. The monoisotopic (exact) mass is 439 g/mol. The maximum absolute atomic E-state index is 13.0. The molecule has 0 bridgehead atoms. The van der Waals surface area contributed by atoms with Gasteiger partial charge in [-0.1, -0.05) is 29.8 Å². The molecule has 4 N–H and O–H groups in total. The number of fused-ring (bicyclic) bond motifs is 1. The number of carbonyl (C=O) groups excluding carboxylic acids is 2. The largest absolute Gasteiger partial charge is 0.324 e. The van der Waals surface area contributed by atoms with Crippen molar-refractivity contribution < 1.29 is 18.0 Å². The second-order valence-corrected chi connectivity index (χ2v) is 9.02. The van der Waals surface area contributed by atoms with Crippen molar-refractivity contribution in [2.24, 2.45) is 5.14 Å². The highest BCUT2D eigenvalue weighted by Crippen LogP contribution is 2.34. The average Bonchev–Trinajstić information content (AvgIpc) is 3.04. The lowest BCUT2D eigenvalue weighted by Gasteiger charge is -2.24. The molecule has 3 aromatic rings. The summed E-state index contributed by atoms with van der Waals surface area (Å²) in [5.74, 6) is -0.232. The first kappa shape index (κ1) is 20.8. The third-order valence-corrected chi connectivity index (χ3v) is 6.09. The predicted octanol–water partition coefficient (Wildman–Crippen LogP) is 2.34. The molecule has 2 heterocycles. The highest BCUT2D eigenvalue weighted by Gasteiger charge is 2.34. The Morgan fingerprint density at radius 3 is 2.39 bits per heavy atom. The van der Waals surface area contributed by atoms with Crippen molar-refractivity contribution in [2.45, 2.75) is 31.2 Å². The first-order valence-corrected chi connectivity index (χ1v) is 11.1. The lowest BCUT2D eigenvalue weighted by molar-refractivity contribution is -0.125. The van der Waals surface area contributed by atoms with Gasteiger partial charge in [0, 0.05) is 16.8 Å². The van der Waals surface area contributed by atoms with Crippen molar-refractivity contribution in [3.8, 4) is 11.3 Å². The molecular formula is C21H21N5O4S. The second kappa shape index (κ2) is 7.64. The Morgan fingerprint density at radius 1 is 1.13 bits per heavy atom. The Bertz CT molecular complexity index is 1280. The summed E-state index contributed by atoms with van der Waals surface area (Å²) in [5, 5.41) is 15.2. The number of nitrogens with two attached hydrogens (primary N) is 1. The molecule has 0 fully saturated rings. The average molecular weight is 439 g/mol. The van der Waals surface area contributed by atoms with Crippen LogP contribution in [0.4, 0.5) is 11.5 Å². The van der Waals surface area contributed by atoms with E-state index in [9.17, 15) is 18.0 Å². The van der Waals surface area contributed by atoms with Crippen molar-refractivity contribution in [2.75, 3.05) is 10.6 Å². The first-order chi connectivity index (χ1) is 14.6. The highest BCUT2D eigenvalue weighted by molar-refractivity contribution is 7.89. The van der Waals surface area contributed by atoms with Gasteiger partial charge in [-0.3, -0.25) is 9.59 Å². The first-order valence-electron chi connectivity index (χ1n) is 9.53. The van der Waals surface area contributed by atoms with Gasteiger partial charge in [0.15, 0.2) is 0 Å². The van der Waals surface area contributed by atoms with Crippen LogP contribution in [-0.2, 0) is 19.6 Å². The molecule has 1 atom stereocenters. The smallest absolute Gasteiger partial charge is 0.249 e. The van der Waals surface area contributed by atoms with Gasteiger partial charge >= 0.3 is 0 Å². The van der Waals surface area contributed by atoms with E-state index in [4.69, 9.17) is 5.14 Å². The van der Waals surface area contributed by atoms with Gasteiger partial charge in [-0.15, -0.1) is 0 Å². The van der Waals surface area contributed by atoms with Crippen LogP contribution in [0.2, 0.25) is 0 Å². The molecular weight excluding hydrogens is 418 g/mol. The minimum atomic E-state index is -3.83. The van der Waals surface area contributed by atoms with Gasteiger partial charge in [0.2, 0.25) is 21.8 Å². The Labute approximate surface area is 179 Å². The van der Waals surface area contributed by atoms with Crippen LogP contribution in [0.1, 0.15) is 23.6 Å². The Morgan fingerprint density at radius 2 is 1.77 bits per heavy atom. The number of nitrogens with one attached hydrogen (secondary N) is 2. The SMILES string of the molecule is Cc1ccc(-c2nn3c(c2C)NC(=O)C[C@H]3C(=O)Nc2ccc(S(N)(=O)=O)cc2)cc1. The van der Waals surface area contributed by atoms with Crippen molar-refractivity contribution in [3.05, 3.63) is 59.7 Å². The number of amides is 2. The second-order valence-electron chi connectivity index (χ2n) is 7.46. The maximum atomic E-state index is 13.0. The summed E-state index contributed by atoms with van der Waals surface area (Å²) < 4.78 is 24.3. The van der Waals surface area contributed by atoms with Crippen molar-refractivity contribution in [3.63, 3.8) is 0 Å². The molecule has 2 aromatic carbocycles. The van der Waals surface area contributed by atoms with E-state index in [-0.39, 0.29) is 17.2 Å². The summed E-state index contributed by atoms with van der Waals surface area (Å²) in [5.41, 5.74) is 3.84. The number of hydrogen-bond acceptors (Lipinski definition) is 5. The van der Waals surface area contributed by atoms with Gasteiger partial charge in [-0.25, -0.2) is 18.2 Å². The van der Waals surface area contributed by atoms with Crippen molar-refractivity contribution >= 4 is 33.3 Å². The number of sulfonamides is 1. The van der Waals surface area contributed by atoms with Gasteiger partial charge < -0.3 is 10.6 Å². The number of aromatic nitrogens is 2. The normalized spacial score (nSPS) is 15.8. The molecule has 1 aliphatic heterocycles. The number of rotatable bonds is 4. The molecule has 1 aromatic heterocycles. The maximum Gasteiger partial charge on any atom is 0.249 e. The van der Waals surface area contributed by atoms with Crippen LogP contribution >= 0.6 is 0 Å². The molecule has 0 spiro atoms. The molecule has 160 valence electrons. The fourth-order valence-corrected chi connectivity index (χ4v) is 4.00. The highest BCUT2D eigenvalue weighted by atomic mass is 32.2. The van der Waals surface area contributed by atoms with E-state index in [1.54, 1.807) is 0 Å². The lowest BCUT2D eigenvalue weighted by atomic mass is 10.1. The molecule has 1 aliphatic rings. The van der Waals surface area contributed by atoms with E-state index in [1.165, 1.54) is 28.9 Å². The van der Waals surface area contributed by atoms with Crippen LogP contribution in [0.15, 0.2) is 53.4 Å². The van der Waals surface area contributed by atoms with Crippen LogP contribution in [0.25, 0.3) is 11.3 Å². The van der Waals surface area contributed by atoms with Gasteiger partial charge in [-0.05, 0) is 38.1 Å². The van der Waals surface area contributed by atoms with E-state index in [2.05, 4.69) is 15.7 Å². The minimum absolute atomic E-state index is 0.0599. The Balaban J connectivity index is 1.64. The molecule has 0 aliphatic carbocycles. The molecule has 0 saturated carbocycles. The molecule has 9 nitrogen and oxygen atoms in total. The molecule has 0 unspecified atom stereocenters. The summed E-state index contributed by atoms with van der Waals surface area (Å²) in [6.45, 7) is 3.84. The van der Waals surface area contributed by atoms with Gasteiger partial charge in [0.25, 0.3) is 0 Å². The van der Waals surface area contributed by atoms with Gasteiger partial charge in [0.1, 0.15) is 11.9 Å². The quantitative estimate of drug-likeness (QED) is 0.573. The van der Waals surface area contributed by atoms with Gasteiger partial charge in [-0.2, -0.15) is 5.10 Å². The standard InChI is InChI=1S/C21H21N5O4S/c1-12-3-5-14(6-4-12)19-13(2)20-24-18(27)11-17(26(20)25-19)21(28)23-15-7-9-16(10-8-15)31(22,29)30/h3-10,17H,11H2,1-2H3,(H,23,28)(H,24,27)(H2,22,29,30)/t17-/m0/s1. The molecule has 31 heavy (non-hydrogen) atoms. The summed E-state index contributed by atoms with van der Waals surface area (Å²) in [7, 11) is -3.83. The van der Waals surface area contributed by atoms with E-state index in [0.29, 0.717) is 17.2 Å². The fraction of sp³-hybridized carbons (Fsp3) is 0.190. The molecule has 0 saturated heterocycles. The Hall–Kier alpha value is -3.50. The Kier molecular flexibility index (Phi) is 5.11.